The molecule has 1 fully saturated rings. The summed E-state index contributed by atoms with van der Waals surface area (Å²) in [5, 5.41) is 4.19. The number of benzene rings is 1. The van der Waals surface area contributed by atoms with Gasteiger partial charge in [-0.3, -0.25) is 14.5 Å². The fourth-order valence-electron chi connectivity index (χ4n) is 1.87. The Bertz CT molecular complexity index is 548. The van der Waals surface area contributed by atoms with E-state index >= 15 is 0 Å². The fourth-order valence-corrected chi connectivity index (χ4v) is 2.55. The first-order chi connectivity index (χ1) is 8.91. The molecule has 0 spiro atoms. The fraction of sp³-hybridized carbons (Fsp3) is 0.333. The summed E-state index contributed by atoms with van der Waals surface area (Å²) in [6, 6.07) is 2.71. The minimum atomic E-state index is -0.538. The Balaban J connectivity index is 2.10. The molecule has 0 radical (unpaired) electrons. The summed E-state index contributed by atoms with van der Waals surface area (Å²) in [5.41, 5.74) is 0.616. The zero-order chi connectivity index (χ0) is 14.2. The second-order valence-corrected chi connectivity index (χ2v) is 5.44. The summed E-state index contributed by atoms with van der Waals surface area (Å²) < 4.78 is 0. The lowest BCUT2D eigenvalue weighted by atomic mass is 10.2. The Kier molecular flexibility index (Phi) is 4.36. The molecule has 4 nitrogen and oxygen atoms in total. The number of carbonyl (C=O) groups is 2. The zero-order valence-electron chi connectivity index (χ0n) is 10.0. The van der Waals surface area contributed by atoms with Gasteiger partial charge in [-0.2, -0.15) is 0 Å². The molecule has 19 heavy (non-hydrogen) atoms. The highest BCUT2D eigenvalue weighted by Crippen LogP contribution is 2.31. The van der Waals surface area contributed by atoms with Crippen molar-refractivity contribution in [1.29, 1.82) is 0 Å². The van der Waals surface area contributed by atoms with Gasteiger partial charge in [0.05, 0.1) is 22.5 Å². The third kappa shape index (κ3) is 2.87. The van der Waals surface area contributed by atoms with Gasteiger partial charge in [-0.25, -0.2) is 0 Å². The highest BCUT2D eigenvalue weighted by molar-refractivity contribution is 6.44. The molecule has 7 heteroatoms. The Morgan fingerprint density at radius 3 is 2.47 bits per heavy atom. The average Bonchev–Trinajstić information content (AvgIpc) is 2.62. The first-order valence-electron chi connectivity index (χ1n) is 5.58. The van der Waals surface area contributed by atoms with Gasteiger partial charge in [0, 0.05) is 24.2 Å². The standard InChI is InChI=1S/C12H11Cl3N2O2/c1-17-10(18)4-9(12(17)19)16-5-6-7(13)2-3-8(14)11(6)15/h2-3,9,16H,4-5H2,1H3. The van der Waals surface area contributed by atoms with Crippen LogP contribution in [0.15, 0.2) is 12.1 Å². The predicted octanol–water partition coefficient (Wildman–Crippen LogP) is 2.49. The highest BCUT2D eigenvalue weighted by atomic mass is 35.5. The van der Waals surface area contributed by atoms with E-state index in [1.54, 1.807) is 12.1 Å². The topological polar surface area (TPSA) is 49.4 Å². The van der Waals surface area contributed by atoms with Crippen LogP contribution in [0.2, 0.25) is 15.1 Å². The lowest BCUT2D eigenvalue weighted by molar-refractivity contribution is -0.137. The number of nitrogens with one attached hydrogen (secondary N) is 1. The van der Waals surface area contributed by atoms with E-state index in [0.717, 1.165) is 4.90 Å². The SMILES string of the molecule is CN1C(=O)CC(NCc2c(Cl)ccc(Cl)c2Cl)C1=O. The summed E-state index contributed by atoms with van der Waals surface area (Å²) in [7, 11) is 1.46. The maximum absolute atomic E-state index is 11.7. The normalized spacial score (nSPS) is 19.4. The monoisotopic (exact) mass is 320 g/mol. The van der Waals surface area contributed by atoms with Crippen molar-refractivity contribution in [2.75, 3.05) is 7.05 Å². The molecule has 1 N–H and O–H groups in total. The molecule has 0 bridgehead atoms. The smallest absolute Gasteiger partial charge is 0.246 e. The van der Waals surface area contributed by atoms with E-state index in [9.17, 15) is 9.59 Å². The first kappa shape index (κ1) is 14.6. The van der Waals surface area contributed by atoms with Gasteiger partial charge in [-0.05, 0) is 12.1 Å². The summed E-state index contributed by atoms with van der Waals surface area (Å²) >= 11 is 18.0. The predicted molar refractivity (Wildman–Crippen MR) is 74.5 cm³/mol. The van der Waals surface area contributed by atoms with Gasteiger partial charge < -0.3 is 5.32 Å². The van der Waals surface area contributed by atoms with Gasteiger partial charge in [-0.1, -0.05) is 34.8 Å². The van der Waals surface area contributed by atoms with Crippen LogP contribution in [-0.2, 0) is 16.1 Å². The minimum Gasteiger partial charge on any atom is -0.301 e. The van der Waals surface area contributed by atoms with Crippen molar-refractivity contribution in [3.8, 4) is 0 Å². The Labute approximate surface area is 125 Å². The number of hydrogen-bond acceptors (Lipinski definition) is 3. The number of halogens is 3. The molecule has 1 heterocycles. The number of hydrogen-bond donors (Lipinski definition) is 1. The number of rotatable bonds is 3. The molecule has 0 aromatic heterocycles. The van der Waals surface area contributed by atoms with Crippen LogP contribution in [0.25, 0.3) is 0 Å². The molecule has 0 saturated carbocycles. The number of amides is 2. The number of likely N-dealkylation sites (tertiary alicyclic amines) is 1. The van der Waals surface area contributed by atoms with Crippen molar-refractivity contribution < 1.29 is 9.59 Å². The van der Waals surface area contributed by atoms with E-state index in [1.165, 1.54) is 7.05 Å². The average molecular weight is 322 g/mol. The van der Waals surface area contributed by atoms with E-state index in [1.807, 2.05) is 0 Å². The van der Waals surface area contributed by atoms with Crippen molar-refractivity contribution in [3.05, 3.63) is 32.8 Å². The van der Waals surface area contributed by atoms with Crippen LogP contribution >= 0.6 is 34.8 Å². The van der Waals surface area contributed by atoms with Crippen LogP contribution in [0.5, 0.6) is 0 Å². The molecule has 0 aliphatic carbocycles. The number of carbonyl (C=O) groups excluding carboxylic acids is 2. The largest absolute Gasteiger partial charge is 0.301 e. The molecule has 1 saturated heterocycles. The van der Waals surface area contributed by atoms with Crippen LogP contribution in [0, 0.1) is 0 Å². The molecule has 1 aliphatic heterocycles. The maximum atomic E-state index is 11.7. The second kappa shape index (κ2) is 5.67. The quantitative estimate of drug-likeness (QED) is 0.687. The molecule has 102 valence electrons. The summed E-state index contributed by atoms with van der Waals surface area (Å²) in [6.07, 6.45) is 0.144. The Hall–Kier alpha value is -0.810. The van der Waals surface area contributed by atoms with E-state index in [0.29, 0.717) is 20.6 Å². The summed E-state index contributed by atoms with van der Waals surface area (Å²) in [4.78, 5) is 24.2. The van der Waals surface area contributed by atoms with Crippen LogP contribution in [0.4, 0.5) is 0 Å². The molecule has 2 rings (SSSR count). The Morgan fingerprint density at radius 1 is 1.26 bits per heavy atom. The van der Waals surface area contributed by atoms with Gasteiger partial charge in [0.15, 0.2) is 0 Å². The first-order valence-corrected chi connectivity index (χ1v) is 6.71. The molecular weight excluding hydrogens is 311 g/mol. The van der Waals surface area contributed by atoms with Gasteiger partial charge in [-0.15, -0.1) is 0 Å². The van der Waals surface area contributed by atoms with Gasteiger partial charge in [0.2, 0.25) is 11.8 Å². The van der Waals surface area contributed by atoms with Crippen LogP contribution < -0.4 is 5.32 Å². The molecule has 1 aromatic rings. The Morgan fingerprint density at radius 2 is 1.89 bits per heavy atom. The lowest BCUT2D eigenvalue weighted by Crippen LogP contribution is -2.36. The maximum Gasteiger partial charge on any atom is 0.246 e. The number of imide groups is 1. The number of likely N-dealkylation sites (N-methyl/N-ethyl adjacent to an activating group) is 1. The van der Waals surface area contributed by atoms with Crippen LogP contribution in [0.1, 0.15) is 12.0 Å². The second-order valence-electron chi connectivity index (χ2n) is 4.25. The van der Waals surface area contributed by atoms with Crippen molar-refractivity contribution in [2.45, 2.75) is 19.0 Å². The van der Waals surface area contributed by atoms with Crippen LogP contribution in [0.3, 0.4) is 0 Å². The molecular formula is C12H11Cl3N2O2. The van der Waals surface area contributed by atoms with Crippen molar-refractivity contribution in [3.63, 3.8) is 0 Å². The molecule has 1 aliphatic rings. The third-order valence-electron chi connectivity index (χ3n) is 3.05. The van der Waals surface area contributed by atoms with Crippen LogP contribution in [-0.4, -0.2) is 29.8 Å². The van der Waals surface area contributed by atoms with Gasteiger partial charge in [0.1, 0.15) is 0 Å². The molecule has 1 aromatic carbocycles. The van der Waals surface area contributed by atoms with Crippen molar-refractivity contribution in [1.82, 2.24) is 10.2 Å². The lowest BCUT2D eigenvalue weighted by Gasteiger charge is -2.13. The molecule has 2 amide bonds. The van der Waals surface area contributed by atoms with Gasteiger partial charge >= 0.3 is 0 Å². The van der Waals surface area contributed by atoms with E-state index in [4.69, 9.17) is 34.8 Å². The van der Waals surface area contributed by atoms with Crippen molar-refractivity contribution >= 4 is 46.6 Å². The molecule has 1 atom stereocenters. The third-order valence-corrected chi connectivity index (χ3v) is 4.24. The van der Waals surface area contributed by atoms with E-state index < -0.39 is 6.04 Å². The zero-order valence-corrected chi connectivity index (χ0v) is 12.3. The minimum absolute atomic E-state index is 0.144. The van der Waals surface area contributed by atoms with E-state index in [-0.39, 0.29) is 24.8 Å². The number of nitrogens with zero attached hydrogens (tertiary/aromatic N) is 1. The van der Waals surface area contributed by atoms with E-state index in [2.05, 4.69) is 5.32 Å². The molecule has 1 unspecified atom stereocenters. The summed E-state index contributed by atoms with van der Waals surface area (Å²) in [5.74, 6) is -0.454. The summed E-state index contributed by atoms with van der Waals surface area (Å²) in [6.45, 7) is 0.274. The van der Waals surface area contributed by atoms with Gasteiger partial charge in [0.25, 0.3) is 0 Å². The highest BCUT2D eigenvalue weighted by Gasteiger charge is 2.35. The van der Waals surface area contributed by atoms with Crippen molar-refractivity contribution in [2.24, 2.45) is 0 Å².